The van der Waals surface area contributed by atoms with E-state index in [-0.39, 0.29) is 5.78 Å². The van der Waals surface area contributed by atoms with Crippen LogP contribution in [0.15, 0.2) is 42.5 Å². The number of nitriles is 1. The van der Waals surface area contributed by atoms with Crippen molar-refractivity contribution in [2.75, 3.05) is 12.4 Å². The van der Waals surface area contributed by atoms with E-state index in [0.717, 1.165) is 11.4 Å². The third-order valence-electron chi connectivity index (χ3n) is 4.29. The number of anilines is 1. The molecule has 0 saturated carbocycles. The maximum atomic E-state index is 13.0. The summed E-state index contributed by atoms with van der Waals surface area (Å²) in [7, 11) is 1.60. The van der Waals surface area contributed by atoms with Gasteiger partial charge in [-0.1, -0.05) is 12.2 Å². The highest BCUT2D eigenvalue weighted by Crippen LogP contribution is 2.40. The predicted octanol–water partition coefficient (Wildman–Crippen LogP) is 3.83. The molecule has 0 aromatic heterocycles. The van der Waals surface area contributed by atoms with Gasteiger partial charge in [-0.05, 0) is 56.3 Å². The molecular formula is C20H18N2O3S. The van der Waals surface area contributed by atoms with E-state index >= 15 is 0 Å². The number of Topliss-reactive ketones (excluding diaryl/α,β-unsaturated/α-hetero) is 1. The number of ether oxygens (including phenoxy) is 2. The Morgan fingerprint density at radius 1 is 1.27 bits per heavy atom. The lowest BCUT2D eigenvalue weighted by molar-refractivity contribution is -0.133. The zero-order valence-electron chi connectivity index (χ0n) is 14.7. The average molecular weight is 366 g/mol. The number of hydrogen-bond donors (Lipinski definition) is 1. The summed E-state index contributed by atoms with van der Waals surface area (Å²) in [5.74, 6) is 0.469. The maximum absolute atomic E-state index is 13.0. The molecule has 0 spiro atoms. The summed E-state index contributed by atoms with van der Waals surface area (Å²) < 4.78 is 11.0. The van der Waals surface area contributed by atoms with Crippen molar-refractivity contribution in [1.29, 1.82) is 5.26 Å². The molecule has 0 amide bonds. The molecule has 1 N–H and O–H groups in total. The first kappa shape index (κ1) is 17.9. The first-order valence-electron chi connectivity index (χ1n) is 8.08. The van der Waals surface area contributed by atoms with Gasteiger partial charge >= 0.3 is 0 Å². The van der Waals surface area contributed by atoms with Crippen LogP contribution in [0.3, 0.4) is 0 Å². The number of fused-ring (bicyclic) bond motifs is 1. The third-order valence-corrected chi connectivity index (χ3v) is 4.63. The van der Waals surface area contributed by atoms with Crippen molar-refractivity contribution in [3.05, 3.63) is 53.6 Å². The Bertz CT molecular complexity index is 914. The van der Waals surface area contributed by atoms with E-state index in [9.17, 15) is 10.1 Å². The molecule has 0 fully saturated rings. The normalized spacial score (nSPS) is 17.5. The number of nitrogens with one attached hydrogen (secondary N) is 1. The third kappa shape index (κ3) is 3.26. The van der Waals surface area contributed by atoms with Crippen LogP contribution in [0.1, 0.15) is 30.9 Å². The molecule has 6 heteroatoms. The van der Waals surface area contributed by atoms with E-state index in [2.05, 4.69) is 11.4 Å². The number of nitrogens with zero attached hydrogens (tertiary/aromatic N) is 1. The van der Waals surface area contributed by atoms with Gasteiger partial charge in [0.1, 0.15) is 17.4 Å². The molecule has 0 radical (unpaired) electrons. The molecule has 1 heterocycles. The molecule has 1 aliphatic heterocycles. The van der Waals surface area contributed by atoms with Crippen molar-refractivity contribution in [2.45, 2.75) is 25.4 Å². The number of benzene rings is 2. The Kier molecular flexibility index (Phi) is 4.66. The smallest absolute Gasteiger partial charge is 0.190 e. The zero-order chi connectivity index (χ0) is 18.9. The summed E-state index contributed by atoms with van der Waals surface area (Å²) >= 11 is 5.55. The molecule has 0 aliphatic carbocycles. The van der Waals surface area contributed by atoms with Crippen LogP contribution in [0.5, 0.6) is 11.5 Å². The fourth-order valence-electron chi connectivity index (χ4n) is 2.90. The number of methoxy groups -OCH3 is 1. The van der Waals surface area contributed by atoms with Crippen molar-refractivity contribution in [1.82, 2.24) is 0 Å². The van der Waals surface area contributed by atoms with Gasteiger partial charge in [-0.3, -0.25) is 4.79 Å². The highest BCUT2D eigenvalue weighted by Gasteiger charge is 2.44. The van der Waals surface area contributed by atoms with Gasteiger partial charge < -0.3 is 14.8 Å². The van der Waals surface area contributed by atoms with Crippen molar-refractivity contribution in [3.63, 3.8) is 0 Å². The molecule has 132 valence electrons. The molecule has 0 saturated heterocycles. The van der Waals surface area contributed by atoms with Crippen LogP contribution in [-0.2, 0) is 4.79 Å². The first-order valence-corrected chi connectivity index (χ1v) is 8.49. The lowest BCUT2D eigenvalue weighted by Gasteiger charge is -2.36. The molecule has 1 atom stereocenters. The molecule has 1 unspecified atom stereocenters. The summed E-state index contributed by atoms with van der Waals surface area (Å²) in [4.78, 5) is 13.4. The summed E-state index contributed by atoms with van der Waals surface area (Å²) in [6.45, 7) is 3.44. The Morgan fingerprint density at radius 2 is 1.96 bits per heavy atom. The summed E-state index contributed by atoms with van der Waals surface area (Å²) in [5, 5.41) is 12.3. The number of carbonyl (C=O) groups excluding carboxylic acids is 1. The molecule has 1 aliphatic rings. The zero-order valence-corrected chi connectivity index (χ0v) is 15.5. The van der Waals surface area contributed by atoms with Gasteiger partial charge in [0.05, 0.1) is 23.7 Å². The van der Waals surface area contributed by atoms with E-state index in [4.69, 9.17) is 21.7 Å². The fraction of sp³-hybridized carbons (Fsp3) is 0.250. The SMILES string of the molecule is COc1ccc(NC(=S)C2C(=O)C(C)(C)Oc3ccc(C#N)cc32)cc1. The van der Waals surface area contributed by atoms with Gasteiger partial charge in [0.2, 0.25) is 0 Å². The lowest BCUT2D eigenvalue weighted by atomic mass is 9.82. The van der Waals surface area contributed by atoms with Crippen LogP contribution in [0.2, 0.25) is 0 Å². The topological polar surface area (TPSA) is 71.3 Å². The highest BCUT2D eigenvalue weighted by atomic mass is 32.1. The average Bonchev–Trinajstić information content (AvgIpc) is 2.62. The predicted molar refractivity (Wildman–Crippen MR) is 103 cm³/mol. The number of thiocarbonyl (C=S) groups is 1. The summed E-state index contributed by atoms with van der Waals surface area (Å²) in [5.41, 5.74) is 0.819. The second kappa shape index (κ2) is 6.77. The first-order chi connectivity index (χ1) is 12.4. The van der Waals surface area contributed by atoms with Crippen molar-refractivity contribution in [3.8, 4) is 17.6 Å². The molecule has 2 aromatic carbocycles. The van der Waals surface area contributed by atoms with Crippen LogP contribution < -0.4 is 14.8 Å². The minimum absolute atomic E-state index is 0.147. The quantitative estimate of drug-likeness (QED) is 0.833. The van der Waals surface area contributed by atoms with Gasteiger partial charge in [-0.15, -0.1) is 0 Å². The van der Waals surface area contributed by atoms with Crippen LogP contribution in [0.4, 0.5) is 5.69 Å². The van der Waals surface area contributed by atoms with Gasteiger partial charge in [0.25, 0.3) is 0 Å². The van der Waals surface area contributed by atoms with Crippen molar-refractivity contribution < 1.29 is 14.3 Å². The molecule has 2 aromatic rings. The molecular weight excluding hydrogens is 348 g/mol. The minimum Gasteiger partial charge on any atom is -0.497 e. The molecule has 26 heavy (non-hydrogen) atoms. The van der Waals surface area contributed by atoms with E-state index in [1.807, 2.05) is 24.3 Å². The number of hydrogen-bond acceptors (Lipinski definition) is 5. The van der Waals surface area contributed by atoms with Gasteiger partial charge in [-0.2, -0.15) is 5.26 Å². The largest absolute Gasteiger partial charge is 0.497 e. The Morgan fingerprint density at radius 3 is 2.58 bits per heavy atom. The molecule has 5 nitrogen and oxygen atoms in total. The van der Waals surface area contributed by atoms with E-state index in [1.54, 1.807) is 39.2 Å². The van der Waals surface area contributed by atoms with Crippen LogP contribution in [-0.4, -0.2) is 23.5 Å². The Balaban J connectivity index is 1.97. The van der Waals surface area contributed by atoms with Gasteiger partial charge in [-0.25, -0.2) is 0 Å². The monoisotopic (exact) mass is 366 g/mol. The van der Waals surface area contributed by atoms with Crippen LogP contribution >= 0.6 is 12.2 Å². The second-order valence-corrected chi connectivity index (χ2v) is 6.93. The van der Waals surface area contributed by atoms with Crippen molar-refractivity contribution >= 4 is 28.7 Å². The van der Waals surface area contributed by atoms with Gasteiger partial charge in [0.15, 0.2) is 11.4 Å². The van der Waals surface area contributed by atoms with Gasteiger partial charge in [0, 0.05) is 11.3 Å². The Hall–Kier alpha value is -2.91. The van der Waals surface area contributed by atoms with E-state index in [0.29, 0.717) is 21.9 Å². The standard InChI is InChI=1S/C20H18N2O3S/c1-20(2)18(23)17(15-10-12(11-21)4-9-16(15)25-20)19(26)22-13-5-7-14(24-3)8-6-13/h4-10,17H,1-3H3,(H,22,26). The highest BCUT2D eigenvalue weighted by molar-refractivity contribution is 7.80. The fourth-order valence-corrected chi connectivity index (χ4v) is 3.25. The van der Waals surface area contributed by atoms with Crippen LogP contribution in [0, 0.1) is 11.3 Å². The van der Waals surface area contributed by atoms with Crippen LogP contribution in [0.25, 0.3) is 0 Å². The summed E-state index contributed by atoms with van der Waals surface area (Å²) in [6, 6.07) is 14.4. The summed E-state index contributed by atoms with van der Waals surface area (Å²) in [6.07, 6.45) is 0. The number of carbonyl (C=O) groups is 1. The van der Waals surface area contributed by atoms with E-state index in [1.165, 1.54) is 0 Å². The minimum atomic E-state index is -1.00. The maximum Gasteiger partial charge on any atom is 0.190 e. The number of rotatable bonds is 3. The van der Waals surface area contributed by atoms with Crippen molar-refractivity contribution in [2.24, 2.45) is 0 Å². The van der Waals surface area contributed by atoms with E-state index < -0.39 is 11.5 Å². The second-order valence-electron chi connectivity index (χ2n) is 6.49. The molecule has 3 rings (SSSR count). The Labute approximate surface area is 157 Å². The molecule has 0 bridgehead atoms. The lowest BCUT2D eigenvalue weighted by Crippen LogP contribution is -2.48. The number of ketones is 1.